The third kappa shape index (κ3) is 2.98. The summed E-state index contributed by atoms with van der Waals surface area (Å²) in [4.78, 5) is 12.8. The fourth-order valence-corrected chi connectivity index (χ4v) is 5.55. The van der Waals surface area contributed by atoms with E-state index in [0.717, 1.165) is 31.2 Å². The number of anilines is 1. The Balaban J connectivity index is 1.66. The van der Waals surface area contributed by atoms with Gasteiger partial charge in [-0.3, -0.25) is 9.10 Å². The van der Waals surface area contributed by atoms with Gasteiger partial charge in [0.05, 0.1) is 10.6 Å². The fraction of sp³-hybridized carbons (Fsp3) is 0.350. The van der Waals surface area contributed by atoms with Gasteiger partial charge in [-0.25, -0.2) is 8.42 Å². The van der Waals surface area contributed by atoms with Crippen LogP contribution in [0.3, 0.4) is 0 Å². The van der Waals surface area contributed by atoms with E-state index in [1.54, 1.807) is 24.3 Å². The van der Waals surface area contributed by atoms with E-state index in [9.17, 15) is 13.2 Å². The van der Waals surface area contributed by atoms with E-state index in [2.05, 4.69) is 5.32 Å². The Labute approximate surface area is 154 Å². The monoisotopic (exact) mass is 370 g/mol. The molecule has 5 nitrogen and oxygen atoms in total. The third-order valence-electron chi connectivity index (χ3n) is 5.18. The second-order valence-electron chi connectivity index (χ2n) is 6.93. The molecular formula is C20H22N2O3S. The highest BCUT2D eigenvalue weighted by atomic mass is 32.2. The van der Waals surface area contributed by atoms with Gasteiger partial charge < -0.3 is 5.32 Å². The Morgan fingerprint density at radius 1 is 0.962 bits per heavy atom. The van der Waals surface area contributed by atoms with Crippen molar-refractivity contribution in [3.05, 3.63) is 48.5 Å². The SMILES string of the molecule is O=C(CN1c2ccccc2-c2ccccc2S1(=O)=O)NC1CCCCC1. The molecule has 1 saturated carbocycles. The number of fused-ring (bicyclic) bond motifs is 3. The lowest BCUT2D eigenvalue weighted by Crippen LogP contribution is -2.45. The second-order valence-corrected chi connectivity index (χ2v) is 8.76. The molecule has 2 aromatic rings. The van der Waals surface area contributed by atoms with Crippen LogP contribution in [0.25, 0.3) is 11.1 Å². The zero-order chi connectivity index (χ0) is 18.1. The van der Waals surface area contributed by atoms with E-state index < -0.39 is 10.0 Å². The minimum atomic E-state index is -3.76. The van der Waals surface area contributed by atoms with Crippen LogP contribution < -0.4 is 9.62 Å². The molecule has 0 unspecified atom stereocenters. The number of rotatable bonds is 3. The quantitative estimate of drug-likeness (QED) is 0.901. The van der Waals surface area contributed by atoms with Crippen molar-refractivity contribution in [3.8, 4) is 11.1 Å². The zero-order valence-electron chi connectivity index (χ0n) is 14.5. The number of carbonyl (C=O) groups is 1. The molecule has 2 aromatic carbocycles. The van der Waals surface area contributed by atoms with Crippen LogP contribution in [0.2, 0.25) is 0 Å². The smallest absolute Gasteiger partial charge is 0.265 e. The topological polar surface area (TPSA) is 66.5 Å². The van der Waals surface area contributed by atoms with Crippen molar-refractivity contribution in [3.63, 3.8) is 0 Å². The fourth-order valence-electron chi connectivity index (χ4n) is 3.90. The lowest BCUT2D eigenvalue weighted by atomic mass is 9.95. The lowest BCUT2D eigenvalue weighted by molar-refractivity contribution is -0.120. The minimum Gasteiger partial charge on any atom is -0.352 e. The van der Waals surface area contributed by atoms with E-state index in [0.29, 0.717) is 11.3 Å². The molecule has 0 saturated heterocycles. The van der Waals surface area contributed by atoms with E-state index in [-0.39, 0.29) is 23.4 Å². The molecule has 4 rings (SSSR count). The van der Waals surface area contributed by atoms with Crippen molar-refractivity contribution in [1.82, 2.24) is 5.32 Å². The predicted octanol–water partition coefficient (Wildman–Crippen LogP) is 3.31. The summed E-state index contributed by atoms with van der Waals surface area (Å²) in [6.07, 6.45) is 5.37. The molecule has 0 atom stereocenters. The first kappa shape index (κ1) is 17.1. The van der Waals surface area contributed by atoms with Crippen molar-refractivity contribution in [2.75, 3.05) is 10.8 Å². The van der Waals surface area contributed by atoms with Gasteiger partial charge in [0.25, 0.3) is 10.0 Å². The maximum absolute atomic E-state index is 13.1. The third-order valence-corrected chi connectivity index (χ3v) is 6.99. The molecule has 6 heteroatoms. The van der Waals surface area contributed by atoms with Crippen molar-refractivity contribution < 1.29 is 13.2 Å². The highest BCUT2D eigenvalue weighted by Gasteiger charge is 2.35. The Bertz CT molecular complexity index is 934. The average molecular weight is 370 g/mol. The summed E-state index contributed by atoms with van der Waals surface area (Å²) in [6.45, 7) is -0.190. The van der Waals surface area contributed by atoms with Crippen LogP contribution in [-0.2, 0) is 14.8 Å². The van der Waals surface area contributed by atoms with Gasteiger partial charge in [0, 0.05) is 17.2 Å². The molecule has 1 amide bonds. The Hall–Kier alpha value is -2.34. The number of nitrogens with zero attached hydrogens (tertiary/aromatic N) is 1. The normalized spacial score (nSPS) is 18.7. The van der Waals surface area contributed by atoms with E-state index in [1.165, 1.54) is 10.7 Å². The molecule has 0 spiro atoms. The first-order valence-electron chi connectivity index (χ1n) is 9.08. The van der Waals surface area contributed by atoms with Gasteiger partial charge in [0.1, 0.15) is 6.54 Å². The number of nitrogens with one attached hydrogen (secondary N) is 1. The van der Waals surface area contributed by atoms with Crippen LogP contribution in [0, 0.1) is 0 Å². The summed E-state index contributed by atoms with van der Waals surface area (Å²) < 4.78 is 27.5. The summed E-state index contributed by atoms with van der Waals surface area (Å²) in [5, 5.41) is 3.01. The van der Waals surface area contributed by atoms with Crippen molar-refractivity contribution >= 4 is 21.6 Å². The summed E-state index contributed by atoms with van der Waals surface area (Å²) in [5.74, 6) is -0.241. The first-order chi connectivity index (χ1) is 12.6. The number of carbonyl (C=O) groups excluding carboxylic acids is 1. The van der Waals surface area contributed by atoms with Gasteiger partial charge in [0.2, 0.25) is 5.91 Å². The maximum atomic E-state index is 13.1. The van der Waals surface area contributed by atoms with Gasteiger partial charge in [0.15, 0.2) is 0 Å². The number of hydrogen-bond donors (Lipinski definition) is 1. The van der Waals surface area contributed by atoms with Crippen molar-refractivity contribution in [2.24, 2.45) is 0 Å². The zero-order valence-corrected chi connectivity index (χ0v) is 15.3. The molecular weight excluding hydrogens is 348 g/mol. The van der Waals surface area contributed by atoms with Crippen LogP contribution in [-0.4, -0.2) is 26.9 Å². The summed E-state index contributed by atoms with van der Waals surface area (Å²) in [5.41, 5.74) is 2.08. The molecule has 1 fully saturated rings. The average Bonchev–Trinajstić information content (AvgIpc) is 2.66. The minimum absolute atomic E-state index is 0.159. The summed E-state index contributed by atoms with van der Waals surface area (Å²) >= 11 is 0. The molecule has 0 radical (unpaired) electrons. The Morgan fingerprint density at radius 3 is 2.38 bits per heavy atom. The summed E-state index contributed by atoms with van der Waals surface area (Å²) in [7, 11) is -3.76. The van der Waals surface area contributed by atoms with Gasteiger partial charge >= 0.3 is 0 Å². The maximum Gasteiger partial charge on any atom is 0.265 e. The predicted molar refractivity (Wildman–Crippen MR) is 101 cm³/mol. The lowest BCUT2D eigenvalue weighted by Gasteiger charge is -2.32. The number of sulfonamides is 1. The van der Waals surface area contributed by atoms with Gasteiger partial charge in [-0.1, -0.05) is 55.7 Å². The molecule has 1 heterocycles. The van der Waals surface area contributed by atoms with E-state index in [4.69, 9.17) is 0 Å². The van der Waals surface area contributed by atoms with E-state index >= 15 is 0 Å². The second kappa shape index (κ2) is 6.76. The van der Waals surface area contributed by atoms with Gasteiger partial charge in [-0.2, -0.15) is 0 Å². The number of amides is 1. The van der Waals surface area contributed by atoms with Crippen molar-refractivity contribution in [1.29, 1.82) is 0 Å². The van der Waals surface area contributed by atoms with Crippen molar-refractivity contribution in [2.45, 2.75) is 43.0 Å². The number of benzene rings is 2. The van der Waals surface area contributed by atoms with Crippen LogP contribution in [0.15, 0.2) is 53.4 Å². The molecule has 26 heavy (non-hydrogen) atoms. The molecule has 136 valence electrons. The van der Waals surface area contributed by atoms with E-state index in [1.807, 2.05) is 24.3 Å². The highest BCUT2D eigenvalue weighted by molar-refractivity contribution is 7.93. The highest BCUT2D eigenvalue weighted by Crippen LogP contribution is 2.42. The van der Waals surface area contributed by atoms with Crippen LogP contribution in [0.1, 0.15) is 32.1 Å². The standard InChI is InChI=1S/C20H22N2O3S/c23-20(21-15-8-2-1-3-9-15)14-22-18-12-6-4-10-16(18)17-11-5-7-13-19(17)26(22,24)25/h4-7,10-13,15H,1-3,8-9,14H2,(H,21,23). The molecule has 0 aromatic heterocycles. The number of hydrogen-bond acceptors (Lipinski definition) is 3. The molecule has 2 aliphatic rings. The molecule has 1 aliphatic carbocycles. The van der Waals surface area contributed by atoms with Gasteiger partial charge in [-0.05, 0) is 25.0 Å². The van der Waals surface area contributed by atoms with Crippen LogP contribution in [0.5, 0.6) is 0 Å². The van der Waals surface area contributed by atoms with Crippen LogP contribution in [0.4, 0.5) is 5.69 Å². The molecule has 0 bridgehead atoms. The molecule has 1 aliphatic heterocycles. The summed E-state index contributed by atoms with van der Waals surface area (Å²) in [6, 6.07) is 14.5. The molecule has 1 N–H and O–H groups in total. The van der Waals surface area contributed by atoms with Crippen LogP contribution >= 0.6 is 0 Å². The largest absolute Gasteiger partial charge is 0.352 e. The Morgan fingerprint density at radius 2 is 1.62 bits per heavy atom. The number of para-hydroxylation sites is 1. The Kier molecular flexibility index (Phi) is 4.44. The first-order valence-corrected chi connectivity index (χ1v) is 10.5. The van der Waals surface area contributed by atoms with Gasteiger partial charge in [-0.15, -0.1) is 0 Å².